The van der Waals surface area contributed by atoms with Crippen LogP contribution in [0.3, 0.4) is 0 Å². The minimum atomic E-state index is -1.20. The number of tetrazole rings is 1. The molecule has 1 amide bonds. The molecule has 0 atom stereocenters. The fraction of sp³-hybridized carbons (Fsp3) is 0.286. The Morgan fingerprint density at radius 3 is 2.89 bits per heavy atom. The summed E-state index contributed by atoms with van der Waals surface area (Å²) in [6.45, 7) is -0.0199. The lowest BCUT2D eigenvalue weighted by molar-refractivity contribution is -0.122. The number of hydrogen-bond acceptors (Lipinski definition) is 7. The first-order valence-electron chi connectivity index (χ1n) is 4.77. The molecule has 0 aliphatic rings. The second-order valence-electron chi connectivity index (χ2n) is 3.21. The van der Waals surface area contributed by atoms with Crippen LogP contribution in [-0.2, 0) is 17.9 Å². The number of H-pyrrole nitrogens is 1. The number of nitrogens with one attached hydrogen (secondary N) is 2. The second kappa shape index (κ2) is 4.99. The first kappa shape index (κ1) is 11.6. The fourth-order valence-corrected chi connectivity index (χ4v) is 1.11. The molecule has 18 heavy (non-hydrogen) atoms. The van der Waals surface area contributed by atoms with E-state index in [9.17, 15) is 9.59 Å². The number of aromatic nitrogens is 7. The molecule has 11 heteroatoms. The predicted molar refractivity (Wildman–Crippen MR) is 53.0 cm³/mol. The Hall–Kier alpha value is -2.85. The summed E-state index contributed by atoms with van der Waals surface area (Å²) >= 11 is 0. The van der Waals surface area contributed by atoms with E-state index >= 15 is 0 Å². The standard InChI is InChI=1S/C7H8N8O3/c16-6(8-1-5-10-12-13-11-5)3-15-2-4(7(17)18)9-14-15/h2H,1,3H2,(H,8,16)(H,17,18)(H,10,11,12,13). The molecule has 94 valence electrons. The summed E-state index contributed by atoms with van der Waals surface area (Å²) in [6, 6.07) is 0. The number of carboxylic acids is 1. The quantitative estimate of drug-likeness (QED) is 0.542. The summed E-state index contributed by atoms with van der Waals surface area (Å²) in [5.41, 5.74) is -0.221. The number of aromatic carboxylic acids is 1. The molecule has 2 aromatic heterocycles. The van der Waals surface area contributed by atoms with E-state index in [0.717, 1.165) is 10.9 Å². The Kier molecular flexibility index (Phi) is 3.22. The number of carbonyl (C=O) groups excluding carboxylic acids is 1. The van der Waals surface area contributed by atoms with E-state index < -0.39 is 5.97 Å². The van der Waals surface area contributed by atoms with Crippen LogP contribution >= 0.6 is 0 Å². The molecule has 0 aromatic carbocycles. The number of aromatic amines is 1. The molecule has 11 nitrogen and oxygen atoms in total. The van der Waals surface area contributed by atoms with E-state index in [1.165, 1.54) is 0 Å². The molecule has 0 unspecified atom stereocenters. The van der Waals surface area contributed by atoms with E-state index in [-0.39, 0.29) is 24.7 Å². The molecular formula is C7H8N8O3. The highest BCUT2D eigenvalue weighted by Gasteiger charge is 2.10. The maximum absolute atomic E-state index is 11.5. The number of amides is 1. The van der Waals surface area contributed by atoms with Crippen LogP contribution in [0.4, 0.5) is 0 Å². The van der Waals surface area contributed by atoms with Crippen LogP contribution in [0, 0.1) is 0 Å². The van der Waals surface area contributed by atoms with E-state index in [1.54, 1.807) is 0 Å². The van der Waals surface area contributed by atoms with E-state index in [2.05, 4.69) is 36.3 Å². The van der Waals surface area contributed by atoms with Gasteiger partial charge in [-0.05, 0) is 0 Å². The summed E-state index contributed by atoms with van der Waals surface area (Å²) in [5, 5.41) is 30.9. The molecule has 0 fully saturated rings. The largest absolute Gasteiger partial charge is 0.476 e. The van der Waals surface area contributed by atoms with Crippen molar-refractivity contribution in [1.82, 2.24) is 40.9 Å². The summed E-state index contributed by atoms with van der Waals surface area (Å²) in [7, 11) is 0. The lowest BCUT2D eigenvalue weighted by atomic mass is 10.5. The average molecular weight is 252 g/mol. The van der Waals surface area contributed by atoms with Gasteiger partial charge in [-0.1, -0.05) is 10.4 Å². The topological polar surface area (TPSA) is 152 Å². The average Bonchev–Trinajstić information content (AvgIpc) is 2.96. The molecule has 0 saturated heterocycles. The van der Waals surface area contributed by atoms with Crippen molar-refractivity contribution in [2.45, 2.75) is 13.1 Å². The van der Waals surface area contributed by atoms with Crippen LogP contribution < -0.4 is 5.32 Å². The monoisotopic (exact) mass is 252 g/mol. The fourth-order valence-electron chi connectivity index (χ4n) is 1.11. The molecule has 2 heterocycles. The zero-order valence-electron chi connectivity index (χ0n) is 8.94. The van der Waals surface area contributed by atoms with Gasteiger partial charge in [-0.2, -0.15) is 5.21 Å². The van der Waals surface area contributed by atoms with Crippen molar-refractivity contribution in [2.75, 3.05) is 0 Å². The molecule has 0 saturated carbocycles. The van der Waals surface area contributed by atoms with Gasteiger partial charge in [-0.15, -0.1) is 15.3 Å². The van der Waals surface area contributed by atoms with Crippen LogP contribution in [0.5, 0.6) is 0 Å². The number of carbonyl (C=O) groups is 2. The van der Waals surface area contributed by atoms with E-state index in [4.69, 9.17) is 5.11 Å². The Balaban J connectivity index is 1.85. The third-order valence-corrected chi connectivity index (χ3v) is 1.90. The van der Waals surface area contributed by atoms with Crippen LogP contribution in [0.25, 0.3) is 0 Å². The minimum Gasteiger partial charge on any atom is -0.476 e. The molecule has 2 rings (SSSR count). The summed E-state index contributed by atoms with van der Waals surface area (Å²) < 4.78 is 1.12. The number of hydrogen-bond donors (Lipinski definition) is 3. The van der Waals surface area contributed by atoms with Gasteiger partial charge < -0.3 is 10.4 Å². The van der Waals surface area contributed by atoms with Crippen LogP contribution in [-0.4, -0.2) is 52.6 Å². The van der Waals surface area contributed by atoms with E-state index in [0.29, 0.717) is 5.82 Å². The SMILES string of the molecule is O=C(Cn1cc(C(=O)O)nn1)NCc1nn[nH]n1. The van der Waals surface area contributed by atoms with Gasteiger partial charge in [0, 0.05) is 0 Å². The summed E-state index contributed by atoms with van der Waals surface area (Å²) in [6.07, 6.45) is 1.16. The van der Waals surface area contributed by atoms with Crippen molar-refractivity contribution < 1.29 is 14.7 Å². The molecule has 0 radical (unpaired) electrons. The van der Waals surface area contributed by atoms with Crippen molar-refractivity contribution in [3.8, 4) is 0 Å². The zero-order valence-corrected chi connectivity index (χ0v) is 8.94. The van der Waals surface area contributed by atoms with Gasteiger partial charge in [-0.3, -0.25) is 4.79 Å². The highest BCUT2D eigenvalue weighted by Crippen LogP contribution is 1.92. The first-order chi connectivity index (χ1) is 8.65. The van der Waals surface area contributed by atoms with Crippen LogP contribution in [0.1, 0.15) is 16.3 Å². The molecule has 0 spiro atoms. The Morgan fingerprint density at radius 2 is 2.28 bits per heavy atom. The minimum absolute atomic E-state index is 0.121. The normalized spacial score (nSPS) is 10.2. The highest BCUT2D eigenvalue weighted by molar-refractivity contribution is 5.84. The molecule has 0 aliphatic heterocycles. The lowest BCUT2D eigenvalue weighted by Gasteiger charge is -2.01. The number of rotatable bonds is 5. The Labute approximate surface area is 99.2 Å². The number of nitrogens with zero attached hydrogens (tertiary/aromatic N) is 6. The van der Waals surface area contributed by atoms with Crippen molar-refractivity contribution in [3.05, 3.63) is 17.7 Å². The van der Waals surface area contributed by atoms with E-state index in [1.807, 2.05) is 0 Å². The molecular weight excluding hydrogens is 244 g/mol. The van der Waals surface area contributed by atoms with Gasteiger partial charge in [0.2, 0.25) is 5.91 Å². The van der Waals surface area contributed by atoms with Gasteiger partial charge >= 0.3 is 5.97 Å². The maximum atomic E-state index is 11.5. The van der Waals surface area contributed by atoms with Gasteiger partial charge in [0.15, 0.2) is 11.5 Å². The van der Waals surface area contributed by atoms with Gasteiger partial charge in [0.1, 0.15) is 6.54 Å². The van der Waals surface area contributed by atoms with Gasteiger partial charge in [-0.25, -0.2) is 9.48 Å². The summed E-state index contributed by atoms with van der Waals surface area (Å²) in [5.74, 6) is -1.23. The predicted octanol–water partition coefficient (Wildman–Crippen LogP) is -2.19. The van der Waals surface area contributed by atoms with Crippen molar-refractivity contribution in [3.63, 3.8) is 0 Å². The summed E-state index contributed by atoms with van der Waals surface area (Å²) in [4.78, 5) is 22.0. The molecule has 0 bridgehead atoms. The van der Waals surface area contributed by atoms with Crippen molar-refractivity contribution in [1.29, 1.82) is 0 Å². The lowest BCUT2D eigenvalue weighted by Crippen LogP contribution is -2.27. The smallest absolute Gasteiger partial charge is 0.358 e. The highest BCUT2D eigenvalue weighted by atomic mass is 16.4. The second-order valence-corrected chi connectivity index (χ2v) is 3.21. The Bertz CT molecular complexity index is 547. The molecule has 3 N–H and O–H groups in total. The van der Waals surface area contributed by atoms with Gasteiger partial charge in [0.05, 0.1) is 12.7 Å². The third kappa shape index (κ3) is 2.84. The number of carboxylic acid groups (broad SMARTS) is 1. The van der Waals surface area contributed by atoms with Crippen molar-refractivity contribution >= 4 is 11.9 Å². The Morgan fingerprint density at radius 1 is 1.44 bits per heavy atom. The van der Waals surface area contributed by atoms with Gasteiger partial charge in [0.25, 0.3) is 0 Å². The first-order valence-corrected chi connectivity index (χ1v) is 4.77. The van der Waals surface area contributed by atoms with Crippen molar-refractivity contribution in [2.24, 2.45) is 0 Å². The molecule has 2 aromatic rings. The third-order valence-electron chi connectivity index (χ3n) is 1.90. The zero-order chi connectivity index (χ0) is 13.0. The van der Waals surface area contributed by atoms with Crippen LogP contribution in [0.2, 0.25) is 0 Å². The van der Waals surface area contributed by atoms with Crippen LogP contribution in [0.15, 0.2) is 6.20 Å². The molecule has 0 aliphatic carbocycles. The maximum Gasteiger partial charge on any atom is 0.358 e.